The van der Waals surface area contributed by atoms with Crippen molar-refractivity contribution < 1.29 is 8.57 Å². The fraction of sp³-hybridized carbons (Fsp3) is 0.250. The summed E-state index contributed by atoms with van der Waals surface area (Å²) in [7, 11) is 0. The van der Waals surface area contributed by atoms with Crippen molar-refractivity contribution in [1.82, 2.24) is 4.90 Å². The van der Waals surface area contributed by atoms with E-state index in [1.807, 2.05) is 12.1 Å². The van der Waals surface area contributed by atoms with E-state index < -0.39 is 0 Å². The minimum absolute atomic E-state index is 0.136. The second-order valence-electron chi connectivity index (χ2n) is 7.69. The lowest BCUT2D eigenvalue weighted by molar-refractivity contribution is 0.160. The van der Waals surface area contributed by atoms with Crippen LogP contribution in [-0.2, 0) is 19.4 Å². The normalized spacial score (nSPS) is 18.1. The van der Waals surface area contributed by atoms with Gasteiger partial charge in [0.1, 0.15) is 11.6 Å². The van der Waals surface area contributed by atoms with Crippen LogP contribution in [0.2, 0.25) is 0 Å². The van der Waals surface area contributed by atoms with Crippen LogP contribution in [0.1, 0.15) is 33.9 Å². The zero-order chi connectivity index (χ0) is 19.1. The maximum absolute atomic E-state index is 13.8. The second kappa shape index (κ2) is 7.26. The molecular formula is C24H22FNOS. The number of hydrogen-bond donors (Lipinski definition) is 0. The maximum Gasteiger partial charge on any atom is 0.138 e. The van der Waals surface area contributed by atoms with Gasteiger partial charge in [0.15, 0.2) is 0 Å². The summed E-state index contributed by atoms with van der Waals surface area (Å²) in [6.45, 7) is 3.99. The molecule has 3 aromatic rings. The summed E-state index contributed by atoms with van der Waals surface area (Å²) in [5.74, 6) is 0.745. The van der Waals surface area contributed by atoms with Gasteiger partial charge in [-0.1, -0.05) is 29.8 Å². The van der Waals surface area contributed by atoms with E-state index in [-0.39, 0.29) is 11.9 Å². The molecule has 0 aromatic heterocycles. The molecule has 2 heterocycles. The van der Waals surface area contributed by atoms with Gasteiger partial charge in [0, 0.05) is 24.0 Å². The van der Waals surface area contributed by atoms with Gasteiger partial charge in [-0.3, -0.25) is 4.90 Å². The first kappa shape index (κ1) is 17.8. The smallest absolute Gasteiger partial charge is 0.138 e. The molecule has 2 aliphatic heterocycles. The van der Waals surface area contributed by atoms with Gasteiger partial charge in [0.05, 0.1) is 12.0 Å². The van der Waals surface area contributed by atoms with Crippen molar-refractivity contribution in [1.29, 1.82) is 0 Å². The largest absolute Gasteiger partial charge is 0.421 e. The van der Waals surface area contributed by atoms with Crippen molar-refractivity contribution in [2.75, 3.05) is 6.54 Å². The van der Waals surface area contributed by atoms with Crippen molar-refractivity contribution in [3.05, 3.63) is 94.3 Å². The number of rotatable bonds is 3. The van der Waals surface area contributed by atoms with E-state index in [1.54, 1.807) is 12.1 Å². The average molecular weight is 392 g/mol. The molecular weight excluding hydrogens is 369 g/mol. The van der Waals surface area contributed by atoms with E-state index in [1.165, 1.54) is 34.3 Å². The third-order valence-electron chi connectivity index (χ3n) is 5.80. The summed E-state index contributed by atoms with van der Waals surface area (Å²) >= 11 is 1.39. The SMILES string of the molecule is Cc1ccc(SOc2ccc3c(c2)CN2CCc4ccc(F)cc4C2C3)cc1. The lowest BCUT2D eigenvalue weighted by atomic mass is 9.84. The Morgan fingerprint density at radius 3 is 2.64 bits per heavy atom. The topological polar surface area (TPSA) is 12.5 Å². The van der Waals surface area contributed by atoms with E-state index in [4.69, 9.17) is 4.18 Å². The molecule has 0 bridgehead atoms. The molecule has 5 rings (SSSR count). The average Bonchev–Trinajstić information content (AvgIpc) is 2.71. The molecule has 0 saturated heterocycles. The highest BCUT2D eigenvalue weighted by Gasteiger charge is 2.32. The van der Waals surface area contributed by atoms with Crippen LogP contribution in [0, 0.1) is 12.7 Å². The Kier molecular flexibility index (Phi) is 4.61. The molecule has 0 fully saturated rings. The lowest BCUT2D eigenvalue weighted by Gasteiger charge is -2.41. The molecule has 1 atom stereocenters. The highest BCUT2D eigenvalue weighted by molar-refractivity contribution is 7.95. The summed E-state index contributed by atoms with van der Waals surface area (Å²) in [6.07, 6.45) is 1.91. The number of nitrogens with zero attached hydrogens (tertiary/aromatic N) is 1. The first-order valence-electron chi connectivity index (χ1n) is 9.71. The summed E-state index contributed by atoms with van der Waals surface area (Å²) in [6, 6.07) is 20.3. The summed E-state index contributed by atoms with van der Waals surface area (Å²) < 4.78 is 19.8. The predicted octanol–water partition coefficient (Wildman–Crippen LogP) is 5.88. The van der Waals surface area contributed by atoms with E-state index in [0.717, 1.165) is 42.1 Å². The van der Waals surface area contributed by atoms with Gasteiger partial charge in [-0.2, -0.15) is 0 Å². The molecule has 0 N–H and O–H groups in total. The fourth-order valence-corrected chi connectivity index (χ4v) is 4.81. The van der Waals surface area contributed by atoms with Crippen molar-refractivity contribution >= 4 is 12.0 Å². The molecule has 0 saturated carbocycles. The van der Waals surface area contributed by atoms with Crippen LogP contribution >= 0.6 is 12.0 Å². The van der Waals surface area contributed by atoms with Gasteiger partial charge in [-0.15, -0.1) is 0 Å². The molecule has 1 unspecified atom stereocenters. The number of benzene rings is 3. The molecule has 4 heteroatoms. The van der Waals surface area contributed by atoms with Crippen molar-refractivity contribution in [2.45, 2.75) is 37.2 Å². The van der Waals surface area contributed by atoms with Crippen LogP contribution in [-0.4, -0.2) is 11.4 Å². The van der Waals surface area contributed by atoms with Crippen molar-refractivity contribution in [3.63, 3.8) is 0 Å². The molecule has 0 radical (unpaired) electrons. The first-order valence-corrected chi connectivity index (χ1v) is 10.5. The molecule has 0 aliphatic carbocycles. The monoisotopic (exact) mass is 391 g/mol. The van der Waals surface area contributed by atoms with Gasteiger partial charge >= 0.3 is 0 Å². The van der Waals surface area contributed by atoms with Crippen LogP contribution in [0.15, 0.2) is 65.6 Å². The van der Waals surface area contributed by atoms with E-state index >= 15 is 0 Å². The van der Waals surface area contributed by atoms with E-state index in [0.29, 0.717) is 0 Å². The molecule has 3 aromatic carbocycles. The molecule has 2 aliphatic rings. The highest BCUT2D eigenvalue weighted by Crippen LogP contribution is 2.39. The second-order valence-corrected chi connectivity index (χ2v) is 8.50. The highest BCUT2D eigenvalue weighted by atomic mass is 32.2. The number of fused-ring (bicyclic) bond motifs is 4. The summed E-state index contributed by atoms with van der Waals surface area (Å²) in [5, 5.41) is 0. The molecule has 142 valence electrons. The standard InChI is InChI=1S/C24H22FNOS/c1-16-2-8-22(9-3-16)28-27-21-7-5-18-13-24-23-14-20(25)6-4-17(23)10-11-26(24)15-19(18)12-21/h2-9,12,14,24H,10-11,13,15H2,1H3. The van der Waals surface area contributed by atoms with Crippen LogP contribution in [0.25, 0.3) is 0 Å². The molecule has 0 amide bonds. The Morgan fingerprint density at radius 2 is 1.79 bits per heavy atom. The van der Waals surface area contributed by atoms with Gasteiger partial charge in [0.25, 0.3) is 0 Å². The predicted molar refractivity (Wildman–Crippen MR) is 111 cm³/mol. The van der Waals surface area contributed by atoms with Gasteiger partial charge in [0.2, 0.25) is 0 Å². The Bertz CT molecular complexity index is 1020. The van der Waals surface area contributed by atoms with Crippen LogP contribution < -0.4 is 4.18 Å². The zero-order valence-corrected chi connectivity index (χ0v) is 16.6. The van der Waals surface area contributed by atoms with Crippen LogP contribution in [0.4, 0.5) is 4.39 Å². The van der Waals surface area contributed by atoms with E-state index in [9.17, 15) is 4.39 Å². The summed E-state index contributed by atoms with van der Waals surface area (Å²) in [5.41, 5.74) is 6.35. The number of aryl methyl sites for hydroxylation is 1. The van der Waals surface area contributed by atoms with Gasteiger partial charge < -0.3 is 4.18 Å². The third kappa shape index (κ3) is 3.43. The Labute approximate surface area is 169 Å². The van der Waals surface area contributed by atoms with Crippen molar-refractivity contribution in [2.24, 2.45) is 0 Å². The number of halogens is 1. The van der Waals surface area contributed by atoms with Crippen molar-refractivity contribution in [3.8, 4) is 5.75 Å². The Balaban J connectivity index is 1.35. The minimum Gasteiger partial charge on any atom is -0.421 e. The van der Waals surface area contributed by atoms with Crippen LogP contribution in [0.5, 0.6) is 5.75 Å². The van der Waals surface area contributed by atoms with E-state index in [2.05, 4.69) is 48.2 Å². The zero-order valence-electron chi connectivity index (χ0n) is 15.8. The minimum atomic E-state index is -0.136. The number of hydrogen-bond acceptors (Lipinski definition) is 3. The van der Waals surface area contributed by atoms with Crippen LogP contribution in [0.3, 0.4) is 0 Å². The Hall–Kier alpha value is -2.30. The Morgan fingerprint density at radius 1 is 0.964 bits per heavy atom. The maximum atomic E-state index is 13.8. The summed E-state index contributed by atoms with van der Waals surface area (Å²) in [4.78, 5) is 3.57. The first-order chi connectivity index (χ1) is 13.7. The third-order valence-corrected chi connectivity index (χ3v) is 6.54. The molecule has 2 nitrogen and oxygen atoms in total. The lowest BCUT2D eigenvalue weighted by Crippen LogP contribution is -2.39. The molecule has 0 spiro atoms. The van der Waals surface area contributed by atoms with Gasteiger partial charge in [-0.25, -0.2) is 4.39 Å². The fourth-order valence-electron chi connectivity index (χ4n) is 4.27. The van der Waals surface area contributed by atoms with Gasteiger partial charge in [-0.05, 0) is 78.4 Å². The molecule has 28 heavy (non-hydrogen) atoms. The quantitative estimate of drug-likeness (QED) is 0.518.